The molecule has 0 heterocycles. The fourth-order valence-corrected chi connectivity index (χ4v) is 2.74. The topological polar surface area (TPSA) is 66.4 Å². The Balaban J connectivity index is 2.73. The molecule has 0 aliphatic carbocycles. The number of nitrogens with one attached hydrogen (secondary N) is 1. The second-order valence-electron chi connectivity index (χ2n) is 4.91. The molecule has 0 amide bonds. The molecule has 2 atom stereocenters. The van der Waals surface area contributed by atoms with Gasteiger partial charge in [0.15, 0.2) is 0 Å². The van der Waals surface area contributed by atoms with Gasteiger partial charge < -0.3 is 5.11 Å². The Morgan fingerprint density at radius 3 is 2.26 bits per heavy atom. The highest BCUT2D eigenvalue weighted by atomic mass is 32.2. The van der Waals surface area contributed by atoms with Crippen LogP contribution in [0.5, 0.6) is 0 Å². The van der Waals surface area contributed by atoms with Crippen molar-refractivity contribution in [3.63, 3.8) is 0 Å². The number of aliphatic hydroxyl groups is 1. The van der Waals surface area contributed by atoms with Crippen molar-refractivity contribution in [2.75, 3.05) is 6.54 Å². The van der Waals surface area contributed by atoms with Crippen LogP contribution in [-0.4, -0.2) is 26.2 Å². The number of hydrogen-bond acceptors (Lipinski definition) is 3. The monoisotopic (exact) mass is 285 g/mol. The summed E-state index contributed by atoms with van der Waals surface area (Å²) in [5.41, 5.74) is 1.14. The minimum atomic E-state index is -3.47. The fourth-order valence-electron chi connectivity index (χ4n) is 1.70. The van der Waals surface area contributed by atoms with Gasteiger partial charge in [0.1, 0.15) is 0 Å². The van der Waals surface area contributed by atoms with Gasteiger partial charge in [-0.15, -0.1) is 0 Å². The molecule has 2 unspecified atom stereocenters. The predicted molar refractivity (Wildman–Crippen MR) is 76.6 cm³/mol. The molecule has 2 N–H and O–H groups in total. The molecule has 0 bridgehead atoms. The van der Waals surface area contributed by atoms with E-state index in [1.165, 1.54) is 0 Å². The van der Waals surface area contributed by atoms with E-state index in [-0.39, 0.29) is 11.4 Å². The van der Waals surface area contributed by atoms with E-state index in [0.29, 0.717) is 12.3 Å². The Labute approximate surface area is 115 Å². The molecule has 0 spiro atoms. The summed E-state index contributed by atoms with van der Waals surface area (Å²) in [6, 6.07) is 6.98. The first-order valence-corrected chi connectivity index (χ1v) is 8.12. The Kier molecular flexibility index (Phi) is 5.97. The second-order valence-corrected chi connectivity index (χ2v) is 6.68. The average Bonchev–Trinajstić information content (AvgIpc) is 2.37. The molecule has 1 aromatic carbocycles. The van der Waals surface area contributed by atoms with Crippen LogP contribution in [-0.2, 0) is 10.0 Å². The molecule has 5 heteroatoms. The van der Waals surface area contributed by atoms with Crippen LogP contribution in [0.25, 0.3) is 0 Å². The van der Waals surface area contributed by atoms with Crippen LogP contribution in [0.2, 0.25) is 0 Å². The molecule has 0 radical (unpaired) electrons. The molecule has 1 rings (SSSR count). The molecule has 0 fully saturated rings. The molecular formula is C14H23NO3S. The minimum Gasteiger partial charge on any atom is -0.393 e. The van der Waals surface area contributed by atoms with Crippen LogP contribution in [0.4, 0.5) is 0 Å². The number of benzene rings is 1. The first kappa shape index (κ1) is 16.1. The zero-order valence-corrected chi connectivity index (χ0v) is 12.6. The number of aliphatic hydroxyl groups excluding tert-OH is 1. The van der Waals surface area contributed by atoms with Crippen LogP contribution in [0.1, 0.15) is 45.1 Å². The van der Waals surface area contributed by atoms with Gasteiger partial charge in [-0.3, -0.25) is 0 Å². The number of sulfonamides is 1. The van der Waals surface area contributed by atoms with Crippen molar-refractivity contribution in [2.45, 2.75) is 50.5 Å². The summed E-state index contributed by atoms with van der Waals surface area (Å²) in [6.07, 6.45) is 0.929. The molecule has 0 aromatic heterocycles. The van der Waals surface area contributed by atoms with E-state index >= 15 is 0 Å². The third-order valence-electron chi connectivity index (χ3n) is 3.23. The van der Waals surface area contributed by atoms with Gasteiger partial charge in [-0.05, 0) is 43.4 Å². The van der Waals surface area contributed by atoms with Crippen LogP contribution >= 0.6 is 0 Å². The van der Waals surface area contributed by atoms with Crippen molar-refractivity contribution in [1.29, 1.82) is 0 Å². The second kappa shape index (κ2) is 7.03. The van der Waals surface area contributed by atoms with Gasteiger partial charge in [0.25, 0.3) is 0 Å². The Morgan fingerprint density at radius 2 is 1.79 bits per heavy atom. The molecular weight excluding hydrogens is 262 g/mol. The van der Waals surface area contributed by atoms with Crippen molar-refractivity contribution in [1.82, 2.24) is 4.72 Å². The Morgan fingerprint density at radius 1 is 1.21 bits per heavy atom. The van der Waals surface area contributed by atoms with Crippen molar-refractivity contribution < 1.29 is 13.5 Å². The highest BCUT2D eigenvalue weighted by molar-refractivity contribution is 7.89. The predicted octanol–water partition coefficient (Wildman–Crippen LogP) is 2.25. The van der Waals surface area contributed by atoms with Crippen LogP contribution in [0.15, 0.2) is 29.2 Å². The van der Waals surface area contributed by atoms with Crippen LogP contribution in [0, 0.1) is 0 Å². The standard InChI is InChI=1S/C14H23NO3S/c1-4-11(2)13-5-7-14(8-6-13)19(17,18)15-10-9-12(3)16/h5-8,11-12,15-16H,4,9-10H2,1-3H3. The normalized spacial score (nSPS) is 15.2. The summed E-state index contributed by atoms with van der Waals surface area (Å²) >= 11 is 0. The van der Waals surface area contributed by atoms with Crippen molar-refractivity contribution in [3.05, 3.63) is 29.8 Å². The SMILES string of the molecule is CCC(C)c1ccc(S(=O)(=O)NCCC(C)O)cc1. The largest absolute Gasteiger partial charge is 0.393 e. The van der Waals surface area contributed by atoms with Crippen molar-refractivity contribution >= 4 is 10.0 Å². The van der Waals surface area contributed by atoms with E-state index in [9.17, 15) is 8.42 Å². The molecule has 0 saturated heterocycles. The maximum Gasteiger partial charge on any atom is 0.240 e. The van der Waals surface area contributed by atoms with Gasteiger partial charge >= 0.3 is 0 Å². The molecule has 0 aliphatic heterocycles. The smallest absolute Gasteiger partial charge is 0.240 e. The van der Waals surface area contributed by atoms with E-state index in [4.69, 9.17) is 5.11 Å². The van der Waals surface area contributed by atoms with Crippen molar-refractivity contribution in [3.8, 4) is 0 Å². The van der Waals surface area contributed by atoms with Gasteiger partial charge in [-0.25, -0.2) is 13.1 Å². The van der Waals surface area contributed by atoms with Crippen LogP contribution < -0.4 is 4.72 Å². The lowest BCUT2D eigenvalue weighted by Crippen LogP contribution is -2.26. The summed E-state index contributed by atoms with van der Waals surface area (Å²) in [5.74, 6) is 0.431. The lowest BCUT2D eigenvalue weighted by atomic mass is 9.99. The quantitative estimate of drug-likeness (QED) is 0.807. The van der Waals surface area contributed by atoms with Gasteiger partial charge in [0.05, 0.1) is 11.0 Å². The number of rotatable bonds is 7. The minimum absolute atomic E-state index is 0.243. The Bertz CT molecular complexity index is 480. The van der Waals surface area contributed by atoms with E-state index in [1.54, 1.807) is 19.1 Å². The first-order chi connectivity index (χ1) is 8.86. The van der Waals surface area contributed by atoms with Gasteiger partial charge in [0, 0.05) is 6.54 Å². The van der Waals surface area contributed by atoms with E-state index < -0.39 is 16.1 Å². The summed E-state index contributed by atoms with van der Waals surface area (Å²) in [7, 11) is -3.47. The summed E-state index contributed by atoms with van der Waals surface area (Å²) < 4.78 is 26.4. The Hall–Kier alpha value is -0.910. The van der Waals surface area contributed by atoms with Gasteiger partial charge in [-0.1, -0.05) is 26.0 Å². The molecule has 108 valence electrons. The molecule has 0 saturated carbocycles. The molecule has 0 aliphatic rings. The summed E-state index contributed by atoms with van der Waals surface area (Å²) in [4.78, 5) is 0.269. The van der Waals surface area contributed by atoms with Crippen molar-refractivity contribution in [2.24, 2.45) is 0 Å². The zero-order valence-electron chi connectivity index (χ0n) is 11.8. The van der Waals surface area contributed by atoms with E-state index in [0.717, 1.165) is 12.0 Å². The zero-order chi connectivity index (χ0) is 14.5. The lowest BCUT2D eigenvalue weighted by molar-refractivity contribution is 0.186. The first-order valence-electron chi connectivity index (χ1n) is 6.64. The summed E-state index contributed by atoms with van der Waals surface area (Å²) in [5, 5.41) is 9.11. The highest BCUT2D eigenvalue weighted by Crippen LogP contribution is 2.20. The van der Waals surface area contributed by atoms with Crippen LogP contribution in [0.3, 0.4) is 0 Å². The molecule has 4 nitrogen and oxygen atoms in total. The van der Waals surface area contributed by atoms with E-state index in [1.807, 2.05) is 12.1 Å². The van der Waals surface area contributed by atoms with Gasteiger partial charge in [0.2, 0.25) is 10.0 Å². The third-order valence-corrected chi connectivity index (χ3v) is 4.70. The third kappa shape index (κ3) is 4.93. The summed E-state index contributed by atoms with van der Waals surface area (Å²) in [6.45, 7) is 6.10. The number of hydrogen-bond donors (Lipinski definition) is 2. The van der Waals surface area contributed by atoms with E-state index in [2.05, 4.69) is 18.6 Å². The highest BCUT2D eigenvalue weighted by Gasteiger charge is 2.14. The maximum atomic E-state index is 12.0. The maximum absolute atomic E-state index is 12.0. The lowest BCUT2D eigenvalue weighted by Gasteiger charge is -2.11. The average molecular weight is 285 g/mol. The van der Waals surface area contributed by atoms with Gasteiger partial charge in [-0.2, -0.15) is 0 Å². The molecule has 1 aromatic rings. The fraction of sp³-hybridized carbons (Fsp3) is 0.571. The molecule has 19 heavy (non-hydrogen) atoms.